The Labute approximate surface area is 96.8 Å². The van der Waals surface area contributed by atoms with Crippen molar-refractivity contribution >= 4 is 0 Å². The fraction of sp³-hybridized carbons (Fsp3) is 0.636. The highest BCUT2D eigenvalue weighted by atomic mass is 16.5. The van der Waals surface area contributed by atoms with Crippen LogP contribution in [0.3, 0.4) is 0 Å². The molecular weight excluding hydrogens is 204 g/mol. The number of hydrogen-bond donors (Lipinski definition) is 1. The SMILES string of the molecule is COCCNCc1ccnc(CN(C)C)n1. The molecule has 5 nitrogen and oxygen atoms in total. The van der Waals surface area contributed by atoms with E-state index in [1.807, 2.05) is 20.2 Å². The van der Waals surface area contributed by atoms with E-state index >= 15 is 0 Å². The summed E-state index contributed by atoms with van der Waals surface area (Å²) in [7, 11) is 5.71. The molecule has 0 radical (unpaired) electrons. The predicted molar refractivity (Wildman–Crippen MR) is 63.0 cm³/mol. The van der Waals surface area contributed by atoms with E-state index in [0.29, 0.717) is 0 Å². The van der Waals surface area contributed by atoms with Crippen LogP contribution in [-0.4, -0.2) is 49.2 Å². The summed E-state index contributed by atoms with van der Waals surface area (Å²) in [5.41, 5.74) is 1.02. The summed E-state index contributed by atoms with van der Waals surface area (Å²) >= 11 is 0. The van der Waals surface area contributed by atoms with Crippen LogP contribution in [0.2, 0.25) is 0 Å². The Balaban J connectivity index is 2.41. The Morgan fingerprint density at radius 1 is 1.44 bits per heavy atom. The monoisotopic (exact) mass is 224 g/mol. The molecule has 0 fully saturated rings. The van der Waals surface area contributed by atoms with Crippen molar-refractivity contribution in [2.24, 2.45) is 0 Å². The van der Waals surface area contributed by atoms with E-state index in [-0.39, 0.29) is 0 Å². The second-order valence-electron chi connectivity index (χ2n) is 3.87. The minimum Gasteiger partial charge on any atom is -0.383 e. The molecular formula is C11H20N4O. The zero-order chi connectivity index (χ0) is 11.8. The van der Waals surface area contributed by atoms with Gasteiger partial charge in [-0.3, -0.25) is 0 Å². The van der Waals surface area contributed by atoms with Crippen molar-refractivity contribution < 1.29 is 4.74 Å². The molecule has 16 heavy (non-hydrogen) atoms. The van der Waals surface area contributed by atoms with Crippen LogP contribution in [0.1, 0.15) is 11.5 Å². The summed E-state index contributed by atoms with van der Waals surface area (Å²) in [5, 5.41) is 3.25. The Kier molecular flexibility index (Phi) is 5.92. The van der Waals surface area contributed by atoms with Crippen LogP contribution in [0.15, 0.2) is 12.3 Å². The van der Waals surface area contributed by atoms with E-state index in [2.05, 4.69) is 20.2 Å². The third-order valence-corrected chi connectivity index (χ3v) is 2.01. The smallest absolute Gasteiger partial charge is 0.142 e. The molecule has 0 saturated heterocycles. The maximum absolute atomic E-state index is 4.95. The number of methoxy groups -OCH3 is 1. The Morgan fingerprint density at radius 2 is 2.25 bits per heavy atom. The van der Waals surface area contributed by atoms with Gasteiger partial charge in [-0.05, 0) is 20.2 Å². The second kappa shape index (κ2) is 7.27. The largest absolute Gasteiger partial charge is 0.383 e. The molecule has 0 spiro atoms. The standard InChI is InChI=1S/C11H20N4O/c1-15(2)9-11-13-5-4-10(14-11)8-12-6-7-16-3/h4-5,12H,6-9H2,1-3H3. The molecule has 90 valence electrons. The van der Waals surface area contributed by atoms with Gasteiger partial charge >= 0.3 is 0 Å². The summed E-state index contributed by atoms with van der Waals surface area (Å²) in [5.74, 6) is 0.857. The van der Waals surface area contributed by atoms with Crippen LogP contribution in [0, 0.1) is 0 Å². The average Bonchev–Trinajstić information content (AvgIpc) is 2.24. The van der Waals surface area contributed by atoms with E-state index < -0.39 is 0 Å². The van der Waals surface area contributed by atoms with Gasteiger partial charge in [0.15, 0.2) is 0 Å². The van der Waals surface area contributed by atoms with Gasteiger partial charge in [0.1, 0.15) is 5.82 Å². The summed E-state index contributed by atoms with van der Waals surface area (Å²) < 4.78 is 4.95. The molecule has 0 amide bonds. The van der Waals surface area contributed by atoms with Crippen molar-refractivity contribution in [2.45, 2.75) is 13.1 Å². The van der Waals surface area contributed by atoms with Crippen molar-refractivity contribution in [1.29, 1.82) is 0 Å². The van der Waals surface area contributed by atoms with Gasteiger partial charge in [0.2, 0.25) is 0 Å². The van der Waals surface area contributed by atoms with Crippen LogP contribution < -0.4 is 5.32 Å². The number of rotatable bonds is 7. The van der Waals surface area contributed by atoms with Gasteiger partial charge in [0.25, 0.3) is 0 Å². The highest BCUT2D eigenvalue weighted by molar-refractivity contribution is 5.02. The maximum Gasteiger partial charge on any atom is 0.142 e. The lowest BCUT2D eigenvalue weighted by molar-refractivity contribution is 0.199. The van der Waals surface area contributed by atoms with Gasteiger partial charge in [-0.2, -0.15) is 0 Å². The number of ether oxygens (including phenoxy) is 1. The zero-order valence-corrected chi connectivity index (χ0v) is 10.2. The fourth-order valence-corrected chi connectivity index (χ4v) is 1.29. The van der Waals surface area contributed by atoms with Crippen molar-refractivity contribution in [2.75, 3.05) is 34.4 Å². The maximum atomic E-state index is 4.95. The molecule has 1 aromatic rings. The number of nitrogens with zero attached hydrogens (tertiary/aromatic N) is 3. The Morgan fingerprint density at radius 3 is 2.94 bits per heavy atom. The molecule has 1 aromatic heterocycles. The second-order valence-corrected chi connectivity index (χ2v) is 3.87. The zero-order valence-electron chi connectivity index (χ0n) is 10.2. The van der Waals surface area contributed by atoms with E-state index in [1.54, 1.807) is 13.3 Å². The topological polar surface area (TPSA) is 50.3 Å². The third kappa shape index (κ3) is 5.16. The van der Waals surface area contributed by atoms with E-state index in [1.165, 1.54) is 0 Å². The van der Waals surface area contributed by atoms with Crippen molar-refractivity contribution in [3.05, 3.63) is 23.8 Å². The first-order valence-corrected chi connectivity index (χ1v) is 5.37. The van der Waals surface area contributed by atoms with Gasteiger partial charge in [-0.15, -0.1) is 0 Å². The van der Waals surface area contributed by atoms with Gasteiger partial charge in [0, 0.05) is 26.4 Å². The number of nitrogens with one attached hydrogen (secondary N) is 1. The Bertz CT molecular complexity index is 304. The van der Waals surface area contributed by atoms with Crippen LogP contribution in [0.4, 0.5) is 0 Å². The lowest BCUT2D eigenvalue weighted by Crippen LogP contribution is -2.20. The molecule has 1 N–H and O–H groups in total. The molecule has 0 saturated carbocycles. The molecule has 0 aromatic carbocycles. The molecule has 0 aliphatic carbocycles. The van der Waals surface area contributed by atoms with Crippen LogP contribution in [0.5, 0.6) is 0 Å². The Hall–Kier alpha value is -1.04. The highest BCUT2D eigenvalue weighted by Gasteiger charge is 2.00. The van der Waals surface area contributed by atoms with Crippen molar-refractivity contribution in [3.8, 4) is 0 Å². The van der Waals surface area contributed by atoms with Crippen LogP contribution in [0.25, 0.3) is 0 Å². The van der Waals surface area contributed by atoms with E-state index in [9.17, 15) is 0 Å². The number of hydrogen-bond acceptors (Lipinski definition) is 5. The highest BCUT2D eigenvalue weighted by Crippen LogP contribution is 1.97. The summed E-state index contributed by atoms with van der Waals surface area (Å²) in [4.78, 5) is 10.7. The van der Waals surface area contributed by atoms with Gasteiger partial charge in [-0.1, -0.05) is 0 Å². The van der Waals surface area contributed by atoms with Crippen molar-refractivity contribution in [1.82, 2.24) is 20.2 Å². The lowest BCUT2D eigenvalue weighted by Gasteiger charge is -2.09. The molecule has 0 atom stereocenters. The third-order valence-electron chi connectivity index (χ3n) is 2.01. The summed E-state index contributed by atoms with van der Waals surface area (Å²) in [6.45, 7) is 3.08. The predicted octanol–water partition coefficient (Wildman–Crippen LogP) is 0.274. The summed E-state index contributed by atoms with van der Waals surface area (Å²) in [6.07, 6.45) is 1.80. The molecule has 1 heterocycles. The van der Waals surface area contributed by atoms with Gasteiger partial charge in [0.05, 0.1) is 18.8 Å². The van der Waals surface area contributed by atoms with Crippen LogP contribution in [-0.2, 0) is 17.8 Å². The molecule has 5 heteroatoms. The lowest BCUT2D eigenvalue weighted by atomic mass is 10.4. The quantitative estimate of drug-likeness (QED) is 0.674. The van der Waals surface area contributed by atoms with Crippen molar-refractivity contribution in [3.63, 3.8) is 0 Å². The first kappa shape index (κ1) is 13.0. The summed E-state index contributed by atoms with van der Waals surface area (Å²) in [6, 6.07) is 1.93. The fourth-order valence-electron chi connectivity index (χ4n) is 1.29. The van der Waals surface area contributed by atoms with Gasteiger partial charge in [-0.25, -0.2) is 9.97 Å². The first-order valence-electron chi connectivity index (χ1n) is 5.37. The van der Waals surface area contributed by atoms with Gasteiger partial charge < -0.3 is 15.0 Å². The van der Waals surface area contributed by atoms with E-state index in [4.69, 9.17) is 4.74 Å². The normalized spacial score (nSPS) is 11.0. The molecule has 0 aliphatic heterocycles. The minimum absolute atomic E-state index is 0.718. The molecule has 1 rings (SSSR count). The van der Waals surface area contributed by atoms with E-state index in [0.717, 1.165) is 37.8 Å². The number of aromatic nitrogens is 2. The average molecular weight is 224 g/mol. The van der Waals surface area contributed by atoms with Crippen LogP contribution >= 0.6 is 0 Å². The molecule has 0 bridgehead atoms. The minimum atomic E-state index is 0.718. The molecule has 0 unspecified atom stereocenters. The first-order chi connectivity index (χ1) is 7.72. The molecule has 0 aliphatic rings.